The van der Waals surface area contributed by atoms with Crippen LogP contribution in [0.15, 0.2) is 0 Å². The Morgan fingerprint density at radius 2 is 1.42 bits per heavy atom. The second-order valence-electron chi connectivity index (χ2n) is 7.67. The highest BCUT2D eigenvalue weighted by atomic mass is 16.5. The number of hydrogen-bond donors (Lipinski definition) is 0. The van der Waals surface area contributed by atoms with E-state index in [1.165, 1.54) is 25.9 Å². The van der Waals surface area contributed by atoms with Crippen LogP contribution in [0.5, 0.6) is 0 Å². The number of piperidine rings is 1. The van der Waals surface area contributed by atoms with E-state index in [0.717, 1.165) is 25.7 Å². The van der Waals surface area contributed by atoms with Crippen LogP contribution in [0.4, 0.5) is 0 Å². The Kier molecular flexibility index (Phi) is 6.28. The lowest BCUT2D eigenvalue weighted by Crippen LogP contribution is -2.38. The number of ether oxygens (including phenoxy) is 2. The molecule has 0 N–H and O–H groups in total. The summed E-state index contributed by atoms with van der Waals surface area (Å²) in [6, 6.07) is 0. The van der Waals surface area contributed by atoms with E-state index in [4.69, 9.17) is 9.47 Å². The molecule has 114 valence electrons. The Balaban J connectivity index is 2.12. The fourth-order valence-corrected chi connectivity index (χ4v) is 2.23. The van der Waals surface area contributed by atoms with Crippen LogP contribution in [-0.4, -0.2) is 49.0 Å². The lowest BCUT2D eigenvalue weighted by Gasteiger charge is -2.33. The first-order chi connectivity index (χ1) is 8.66. The Labute approximate surface area is 119 Å². The van der Waals surface area contributed by atoms with Crippen LogP contribution in [0.3, 0.4) is 0 Å². The van der Waals surface area contributed by atoms with Crippen LogP contribution in [0.2, 0.25) is 0 Å². The van der Waals surface area contributed by atoms with Gasteiger partial charge in [0.1, 0.15) is 0 Å². The Hall–Kier alpha value is -0.120. The predicted molar refractivity (Wildman–Crippen MR) is 80.6 cm³/mol. The fraction of sp³-hybridized carbons (Fsp3) is 1.00. The van der Waals surface area contributed by atoms with E-state index in [-0.39, 0.29) is 11.2 Å². The van der Waals surface area contributed by atoms with Gasteiger partial charge < -0.3 is 14.4 Å². The van der Waals surface area contributed by atoms with Crippen LogP contribution >= 0.6 is 0 Å². The first-order valence-electron chi connectivity index (χ1n) is 7.66. The van der Waals surface area contributed by atoms with Crippen molar-refractivity contribution in [1.82, 2.24) is 4.90 Å². The lowest BCUT2D eigenvalue weighted by molar-refractivity contribution is -0.0389. The Morgan fingerprint density at radius 3 is 1.89 bits per heavy atom. The largest absolute Gasteiger partial charge is 0.376 e. The van der Waals surface area contributed by atoms with Crippen LogP contribution < -0.4 is 0 Å². The molecule has 0 spiro atoms. The molecule has 1 fully saturated rings. The average Bonchev–Trinajstić information content (AvgIpc) is 2.25. The fourth-order valence-electron chi connectivity index (χ4n) is 2.23. The lowest BCUT2D eigenvalue weighted by atomic mass is 9.97. The molecule has 0 saturated carbocycles. The van der Waals surface area contributed by atoms with Gasteiger partial charge in [-0.25, -0.2) is 0 Å². The zero-order valence-corrected chi connectivity index (χ0v) is 13.8. The van der Waals surface area contributed by atoms with Crippen molar-refractivity contribution in [3.63, 3.8) is 0 Å². The summed E-state index contributed by atoms with van der Waals surface area (Å²) in [7, 11) is 0. The van der Waals surface area contributed by atoms with Crippen LogP contribution in [0.1, 0.15) is 54.4 Å². The number of likely N-dealkylation sites (tertiary alicyclic amines) is 1. The summed E-state index contributed by atoms with van der Waals surface area (Å²) in [5, 5.41) is 0. The van der Waals surface area contributed by atoms with E-state index in [0.29, 0.717) is 0 Å². The topological polar surface area (TPSA) is 21.7 Å². The van der Waals surface area contributed by atoms with E-state index in [1.807, 2.05) is 0 Å². The molecule has 0 aromatic heterocycles. The van der Waals surface area contributed by atoms with Gasteiger partial charge in [-0.05, 0) is 73.4 Å². The second kappa shape index (κ2) is 7.05. The summed E-state index contributed by atoms with van der Waals surface area (Å²) in [5.41, 5.74) is -0.0173. The molecule has 0 aromatic rings. The van der Waals surface area contributed by atoms with E-state index in [2.05, 4.69) is 46.4 Å². The standard InChI is InChI=1S/C16H33NO2/c1-15(2,3)18-12-11-17-9-7-14(8-10-17)13-19-16(4,5)6/h14H,7-13H2,1-6H3. The minimum atomic E-state index is -0.0150. The van der Waals surface area contributed by atoms with Crippen molar-refractivity contribution in [2.45, 2.75) is 65.6 Å². The van der Waals surface area contributed by atoms with Gasteiger partial charge in [0.15, 0.2) is 0 Å². The SMILES string of the molecule is CC(C)(C)OCCN1CCC(COC(C)(C)C)CC1. The molecule has 1 saturated heterocycles. The summed E-state index contributed by atoms with van der Waals surface area (Å²) in [6.07, 6.45) is 2.51. The normalized spacial score (nSPS) is 19.9. The zero-order chi connectivity index (χ0) is 14.5. The molecule has 1 rings (SSSR count). The van der Waals surface area contributed by atoms with Crippen LogP contribution in [-0.2, 0) is 9.47 Å². The van der Waals surface area contributed by atoms with Crippen LogP contribution in [0.25, 0.3) is 0 Å². The van der Waals surface area contributed by atoms with E-state index in [1.54, 1.807) is 0 Å². The maximum Gasteiger partial charge on any atom is 0.0600 e. The molecule has 1 aliphatic rings. The highest BCUT2D eigenvalue weighted by molar-refractivity contribution is 4.73. The molecule has 1 heterocycles. The first kappa shape index (κ1) is 16.9. The molecular formula is C16H33NO2. The summed E-state index contributed by atoms with van der Waals surface area (Å²) >= 11 is 0. The van der Waals surface area contributed by atoms with Gasteiger partial charge in [0.25, 0.3) is 0 Å². The third-order valence-electron chi connectivity index (χ3n) is 3.40. The van der Waals surface area contributed by atoms with Gasteiger partial charge in [0.2, 0.25) is 0 Å². The van der Waals surface area contributed by atoms with Gasteiger partial charge in [-0.15, -0.1) is 0 Å². The molecule has 1 aliphatic heterocycles. The molecule has 0 aromatic carbocycles. The van der Waals surface area contributed by atoms with Crippen molar-refractivity contribution < 1.29 is 9.47 Å². The van der Waals surface area contributed by atoms with Gasteiger partial charge in [0, 0.05) is 6.54 Å². The molecule has 3 heteroatoms. The van der Waals surface area contributed by atoms with Crippen molar-refractivity contribution in [1.29, 1.82) is 0 Å². The van der Waals surface area contributed by atoms with Crippen molar-refractivity contribution in [3.05, 3.63) is 0 Å². The highest BCUT2D eigenvalue weighted by Gasteiger charge is 2.21. The molecule has 0 radical (unpaired) electrons. The highest BCUT2D eigenvalue weighted by Crippen LogP contribution is 2.20. The van der Waals surface area contributed by atoms with Gasteiger partial charge in [0.05, 0.1) is 24.4 Å². The molecule has 0 bridgehead atoms. The quantitative estimate of drug-likeness (QED) is 0.765. The smallest absolute Gasteiger partial charge is 0.0600 e. The third-order valence-corrected chi connectivity index (χ3v) is 3.40. The molecule has 0 atom stereocenters. The maximum absolute atomic E-state index is 5.89. The third kappa shape index (κ3) is 8.61. The summed E-state index contributed by atoms with van der Waals surface area (Å²) < 4.78 is 11.7. The minimum absolute atomic E-state index is 0.00230. The van der Waals surface area contributed by atoms with E-state index in [9.17, 15) is 0 Å². The minimum Gasteiger partial charge on any atom is -0.376 e. The van der Waals surface area contributed by atoms with E-state index >= 15 is 0 Å². The molecule has 0 amide bonds. The van der Waals surface area contributed by atoms with Gasteiger partial charge >= 0.3 is 0 Å². The molecule has 0 aliphatic carbocycles. The van der Waals surface area contributed by atoms with Crippen LogP contribution in [0, 0.1) is 5.92 Å². The van der Waals surface area contributed by atoms with Crippen molar-refractivity contribution in [2.24, 2.45) is 5.92 Å². The van der Waals surface area contributed by atoms with Gasteiger partial charge in [-0.2, -0.15) is 0 Å². The van der Waals surface area contributed by atoms with Gasteiger partial charge in [-0.3, -0.25) is 0 Å². The molecular weight excluding hydrogens is 238 g/mol. The van der Waals surface area contributed by atoms with Crippen molar-refractivity contribution in [3.8, 4) is 0 Å². The molecule has 3 nitrogen and oxygen atoms in total. The summed E-state index contributed by atoms with van der Waals surface area (Å²) in [6.45, 7) is 17.9. The summed E-state index contributed by atoms with van der Waals surface area (Å²) in [4.78, 5) is 2.51. The Morgan fingerprint density at radius 1 is 0.895 bits per heavy atom. The molecule has 19 heavy (non-hydrogen) atoms. The predicted octanol–water partition coefficient (Wildman–Crippen LogP) is 3.33. The number of hydrogen-bond acceptors (Lipinski definition) is 3. The summed E-state index contributed by atoms with van der Waals surface area (Å²) in [5.74, 6) is 0.735. The molecule has 0 unspecified atom stereocenters. The average molecular weight is 271 g/mol. The maximum atomic E-state index is 5.89. The van der Waals surface area contributed by atoms with Crippen molar-refractivity contribution in [2.75, 3.05) is 32.8 Å². The monoisotopic (exact) mass is 271 g/mol. The first-order valence-corrected chi connectivity index (χ1v) is 7.66. The zero-order valence-electron chi connectivity index (χ0n) is 13.8. The van der Waals surface area contributed by atoms with E-state index < -0.39 is 0 Å². The van der Waals surface area contributed by atoms with Crippen molar-refractivity contribution >= 4 is 0 Å². The Bertz CT molecular complexity index is 244. The number of rotatable bonds is 5. The van der Waals surface area contributed by atoms with Gasteiger partial charge in [-0.1, -0.05) is 0 Å². The second-order valence-corrected chi connectivity index (χ2v) is 7.67. The number of nitrogens with zero attached hydrogens (tertiary/aromatic N) is 1.